The van der Waals surface area contributed by atoms with E-state index >= 15 is 0 Å². The van der Waals surface area contributed by atoms with E-state index in [0.717, 1.165) is 16.8 Å². The van der Waals surface area contributed by atoms with E-state index in [1.54, 1.807) is 36.4 Å². The quantitative estimate of drug-likeness (QED) is 0.351. The Morgan fingerprint density at radius 2 is 1.96 bits per heavy atom. The van der Waals surface area contributed by atoms with Crippen molar-refractivity contribution in [2.75, 3.05) is 0 Å². The highest BCUT2D eigenvalue weighted by Crippen LogP contribution is 2.33. The van der Waals surface area contributed by atoms with Crippen LogP contribution < -0.4 is 5.43 Å². The van der Waals surface area contributed by atoms with Gasteiger partial charge in [-0.15, -0.1) is 0 Å². The van der Waals surface area contributed by atoms with Crippen LogP contribution in [0.25, 0.3) is 6.08 Å². The summed E-state index contributed by atoms with van der Waals surface area (Å²) in [5.41, 5.74) is 2.99. The number of nitro groups is 1. The number of rotatable bonds is 4. The van der Waals surface area contributed by atoms with Crippen molar-refractivity contribution in [2.24, 2.45) is 0 Å². The molecule has 0 radical (unpaired) electrons. The van der Waals surface area contributed by atoms with Crippen LogP contribution in [0.4, 0.5) is 5.69 Å². The normalized spacial score (nSPS) is 15.3. The first-order valence-electron chi connectivity index (χ1n) is 7.45. The first-order valence-corrected chi connectivity index (χ1v) is 9.05. The lowest BCUT2D eigenvalue weighted by atomic mass is 10.2. The molecule has 0 aromatic heterocycles. The van der Waals surface area contributed by atoms with Crippen LogP contribution in [-0.4, -0.2) is 26.1 Å². The topological polar surface area (TPSA) is 92.6 Å². The molecule has 2 amide bonds. The maximum absolute atomic E-state index is 12.5. The molecule has 2 aromatic rings. The van der Waals surface area contributed by atoms with E-state index in [4.69, 9.17) is 23.8 Å². The third-order valence-corrected chi connectivity index (χ3v) is 5.13. The van der Waals surface area contributed by atoms with Crippen LogP contribution in [0.2, 0.25) is 5.02 Å². The van der Waals surface area contributed by atoms with Gasteiger partial charge in [0, 0.05) is 11.6 Å². The first kappa shape index (κ1) is 19.0. The van der Waals surface area contributed by atoms with E-state index in [1.807, 2.05) is 0 Å². The van der Waals surface area contributed by atoms with Gasteiger partial charge in [0.05, 0.1) is 9.83 Å². The van der Waals surface area contributed by atoms with Crippen molar-refractivity contribution >= 4 is 63.5 Å². The molecule has 0 aliphatic carbocycles. The van der Waals surface area contributed by atoms with Gasteiger partial charge in [-0.05, 0) is 42.1 Å². The Labute approximate surface area is 168 Å². The molecule has 136 valence electrons. The van der Waals surface area contributed by atoms with Crippen LogP contribution in [0.3, 0.4) is 0 Å². The molecule has 0 atom stereocenters. The summed E-state index contributed by atoms with van der Waals surface area (Å²) in [6, 6.07) is 12.6. The van der Waals surface area contributed by atoms with Crippen molar-refractivity contribution in [2.45, 2.75) is 0 Å². The molecule has 0 spiro atoms. The number of nitro benzene ring substituents is 1. The zero-order valence-electron chi connectivity index (χ0n) is 13.4. The zero-order valence-corrected chi connectivity index (χ0v) is 15.8. The average Bonchev–Trinajstić information content (AvgIpc) is 2.91. The van der Waals surface area contributed by atoms with Crippen molar-refractivity contribution in [3.63, 3.8) is 0 Å². The molecule has 0 saturated carbocycles. The molecular weight excluding hydrogens is 410 g/mol. The minimum atomic E-state index is -0.606. The Hall–Kier alpha value is -2.75. The van der Waals surface area contributed by atoms with Gasteiger partial charge in [0.2, 0.25) is 0 Å². The molecule has 0 bridgehead atoms. The van der Waals surface area contributed by atoms with Gasteiger partial charge in [0.25, 0.3) is 17.5 Å². The lowest BCUT2D eigenvalue weighted by molar-refractivity contribution is -0.384. The third-order valence-electron chi connectivity index (χ3n) is 3.51. The molecule has 2 aromatic carbocycles. The molecule has 27 heavy (non-hydrogen) atoms. The first-order chi connectivity index (χ1) is 12.9. The summed E-state index contributed by atoms with van der Waals surface area (Å²) in [6.07, 6.45) is 1.46. The van der Waals surface area contributed by atoms with Crippen molar-refractivity contribution in [1.82, 2.24) is 10.4 Å². The van der Waals surface area contributed by atoms with Crippen LogP contribution >= 0.6 is 35.6 Å². The number of nitrogens with zero attached hydrogens (tertiary/aromatic N) is 2. The third kappa shape index (κ3) is 4.16. The average molecular weight is 420 g/mol. The van der Waals surface area contributed by atoms with Crippen molar-refractivity contribution in [3.05, 3.63) is 79.7 Å². The Morgan fingerprint density at radius 3 is 2.63 bits per heavy atom. The standard InChI is InChI=1S/C17H10ClN3O4S2/c18-12-7-6-10(8-13(12)21(24)25)9-14-16(23)20(17(26)27-14)19-15(22)11-4-2-1-3-5-11/h1-9H,(H,19,22). The van der Waals surface area contributed by atoms with Gasteiger partial charge in [-0.2, -0.15) is 5.01 Å². The Balaban J connectivity index is 1.82. The number of amides is 2. The summed E-state index contributed by atoms with van der Waals surface area (Å²) in [5.74, 6) is -0.998. The van der Waals surface area contributed by atoms with E-state index in [9.17, 15) is 19.7 Å². The van der Waals surface area contributed by atoms with Crippen LogP contribution in [-0.2, 0) is 4.79 Å². The maximum Gasteiger partial charge on any atom is 0.288 e. The molecule has 10 heteroatoms. The highest BCUT2D eigenvalue weighted by Gasteiger charge is 2.33. The second-order valence-corrected chi connectivity index (χ2v) is 7.37. The van der Waals surface area contributed by atoms with Crippen LogP contribution in [0.5, 0.6) is 0 Å². The summed E-state index contributed by atoms with van der Waals surface area (Å²) in [6.45, 7) is 0. The van der Waals surface area contributed by atoms with Crippen molar-refractivity contribution < 1.29 is 14.5 Å². The number of benzene rings is 2. The van der Waals surface area contributed by atoms with Crippen molar-refractivity contribution in [1.29, 1.82) is 0 Å². The van der Waals surface area contributed by atoms with Gasteiger partial charge in [0.1, 0.15) is 5.02 Å². The fourth-order valence-corrected chi connectivity index (χ4v) is 3.60. The summed E-state index contributed by atoms with van der Waals surface area (Å²) in [7, 11) is 0. The van der Waals surface area contributed by atoms with Crippen LogP contribution in [0, 0.1) is 10.1 Å². The maximum atomic E-state index is 12.5. The molecule has 1 fully saturated rings. The smallest absolute Gasteiger partial charge is 0.267 e. The molecule has 3 rings (SSSR count). The van der Waals surface area contributed by atoms with Gasteiger partial charge in [-0.1, -0.05) is 47.6 Å². The highest BCUT2D eigenvalue weighted by atomic mass is 35.5. The SMILES string of the molecule is O=C(NN1C(=O)C(=Cc2ccc(Cl)c([N+](=O)[O-])c2)SC1=S)c1ccccc1. The number of thioether (sulfide) groups is 1. The van der Waals surface area contributed by atoms with Crippen LogP contribution in [0.15, 0.2) is 53.4 Å². The predicted octanol–water partition coefficient (Wildman–Crippen LogP) is 3.79. The van der Waals surface area contributed by atoms with E-state index in [-0.39, 0.29) is 19.9 Å². The lowest BCUT2D eigenvalue weighted by Gasteiger charge is -2.15. The second-order valence-electron chi connectivity index (χ2n) is 5.29. The Kier molecular flexibility index (Phi) is 5.54. The fourth-order valence-electron chi connectivity index (χ4n) is 2.23. The molecule has 1 saturated heterocycles. The number of hydrogen-bond acceptors (Lipinski definition) is 6. The largest absolute Gasteiger partial charge is 0.288 e. The zero-order chi connectivity index (χ0) is 19.6. The Bertz CT molecular complexity index is 995. The number of halogens is 1. The summed E-state index contributed by atoms with van der Waals surface area (Å²) < 4.78 is 0.152. The molecule has 1 heterocycles. The van der Waals surface area contributed by atoms with Gasteiger partial charge < -0.3 is 0 Å². The van der Waals surface area contributed by atoms with E-state index in [2.05, 4.69) is 5.43 Å². The predicted molar refractivity (Wildman–Crippen MR) is 107 cm³/mol. The summed E-state index contributed by atoms with van der Waals surface area (Å²) >= 11 is 11.9. The molecule has 1 aliphatic heterocycles. The van der Waals surface area contributed by atoms with E-state index in [0.29, 0.717) is 11.1 Å². The second kappa shape index (κ2) is 7.87. The fraction of sp³-hybridized carbons (Fsp3) is 0. The summed E-state index contributed by atoms with van der Waals surface area (Å²) in [5, 5.41) is 12.0. The van der Waals surface area contributed by atoms with Gasteiger partial charge in [0.15, 0.2) is 4.32 Å². The highest BCUT2D eigenvalue weighted by molar-refractivity contribution is 8.26. The molecule has 1 aliphatic rings. The number of carbonyl (C=O) groups excluding carboxylic acids is 2. The number of nitrogens with one attached hydrogen (secondary N) is 1. The number of hydrazine groups is 1. The monoisotopic (exact) mass is 419 g/mol. The molecule has 1 N–H and O–H groups in total. The molecule has 7 nitrogen and oxygen atoms in total. The molecular formula is C17H10ClN3O4S2. The number of thiocarbonyl (C=S) groups is 1. The van der Waals surface area contributed by atoms with Gasteiger partial charge in [-0.3, -0.25) is 25.1 Å². The minimum absolute atomic E-state index is 0.000164. The van der Waals surface area contributed by atoms with Crippen LogP contribution in [0.1, 0.15) is 15.9 Å². The number of carbonyl (C=O) groups is 2. The number of hydrogen-bond donors (Lipinski definition) is 1. The van der Waals surface area contributed by atoms with Crippen molar-refractivity contribution in [3.8, 4) is 0 Å². The van der Waals surface area contributed by atoms with E-state index < -0.39 is 16.7 Å². The Morgan fingerprint density at radius 1 is 1.26 bits per heavy atom. The molecule has 0 unspecified atom stereocenters. The van der Waals surface area contributed by atoms with Gasteiger partial charge in [-0.25, -0.2) is 0 Å². The van der Waals surface area contributed by atoms with E-state index in [1.165, 1.54) is 18.2 Å². The minimum Gasteiger partial charge on any atom is -0.267 e. The van der Waals surface area contributed by atoms with Gasteiger partial charge >= 0.3 is 0 Å². The summed E-state index contributed by atoms with van der Waals surface area (Å²) in [4.78, 5) is 35.4. The lowest BCUT2D eigenvalue weighted by Crippen LogP contribution is -2.44.